The fourth-order valence-corrected chi connectivity index (χ4v) is 8.09. The minimum absolute atomic E-state index is 1.03. The van der Waals surface area contributed by atoms with E-state index in [9.17, 15) is 82.5 Å². The van der Waals surface area contributed by atoms with E-state index in [4.69, 9.17) is 33.2 Å². The summed E-state index contributed by atoms with van der Waals surface area (Å²) in [4.78, 5) is 0. The lowest BCUT2D eigenvalue weighted by molar-refractivity contribution is -0.378. The summed E-state index contributed by atoms with van der Waals surface area (Å²) < 4.78 is 196. The maximum atomic E-state index is 12.0. The Kier molecular flexibility index (Phi) is 15.5. The van der Waals surface area contributed by atoms with Crippen LogP contribution in [0.2, 0.25) is 0 Å². The minimum Gasteiger partial charge on any atom is -0.726 e. The first kappa shape index (κ1) is 48.6. The molecule has 4 fully saturated rings. The second-order valence-electron chi connectivity index (χ2n) is 13.0. The number of aliphatic hydroxyl groups is 6. The predicted molar refractivity (Wildman–Crippen MR) is 162 cm³/mol. The molecule has 6 N–H and O–H groups in total. The van der Waals surface area contributed by atoms with Gasteiger partial charge in [0, 0.05) is 0 Å². The van der Waals surface area contributed by atoms with Crippen LogP contribution in [0.5, 0.6) is 0 Å². The molecule has 0 amide bonds. The van der Waals surface area contributed by atoms with Gasteiger partial charge in [0.25, 0.3) is 0 Å². The molecule has 29 nitrogen and oxygen atoms in total. The maximum absolute atomic E-state index is 12.0. The largest absolute Gasteiger partial charge is 0.726 e. The van der Waals surface area contributed by atoms with E-state index in [2.05, 4.69) is 16.7 Å². The van der Waals surface area contributed by atoms with Crippen molar-refractivity contribution in [1.29, 1.82) is 0 Å². The standard InChI is InChI=1S/C24H42O29S4/c1-5-9(25)13(29)17(50-54(31,32)33)22(44-5)48-15-11(27)7(3)46-24(19(15)52-56(37,38)39)49-16-12(28)8(4)45-23(20(16)53-57(40,41)42)47-14-10(26)6(2)43-21(30)18(14)51-55(34,35)36/h5-30H,1-4H3,(H,31,32,33)(H,34,35,36)(H,37,38,39)(H,40,41,42)/p-4/t5?,6?,7?,8?,9-,10-,11-,12-,13+,14+,15+,16+,17?,18?,19?,20?,21-,22+,23+,24+/m1/s1. The Labute approximate surface area is 323 Å². The van der Waals surface area contributed by atoms with E-state index in [1.807, 2.05) is 0 Å². The average Bonchev–Trinajstić information content (AvgIpc) is 3.04. The monoisotopic (exact) mass is 918 g/mol. The van der Waals surface area contributed by atoms with Crippen LogP contribution >= 0.6 is 0 Å². The molecule has 4 aliphatic rings. The zero-order valence-electron chi connectivity index (χ0n) is 29.3. The van der Waals surface area contributed by atoms with Gasteiger partial charge in [0.15, 0.2) is 49.6 Å². The third-order valence-electron chi connectivity index (χ3n) is 8.87. The molecule has 0 bridgehead atoms. The third kappa shape index (κ3) is 12.5. The van der Waals surface area contributed by atoms with E-state index in [1.165, 1.54) is 0 Å². The van der Waals surface area contributed by atoms with E-state index in [0.717, 1.165) is 27.7 Å². The molecule has 4 aliphatic heterocycles. The van der Waals surface area contributed by atoms with Crippen LogP contribution in [0.4, 0.5) is 0 Å². The Morgan fingerprint density at radius 1 is 0.368 bits per heavy atom. The maximum Gasteiger partial charge on any atom is 0.218 e. The molecule has 0 radical (unpaired) electrons. The molecule has 4 heterocycles. The molecule has 0 saturated carbocycles. The van der Waals surface area contributed by atoms with Gasteiger partial charge < -0.3 is 82.0 Å². The van der Waals surface area contributed by atoms with Crippen molar-refractivity contribution in [3.05, 3.63) is 0 Å². The molecule has 336 valence electrons. The van der Waals surface area contributed by atoms with Crippen molar-refractivity contribution in [3.63, 3.8) is 0 Å². The Hall–Kier alpha value is -1.04. The number of hydrogen-bond donors (Lipinski definition) is 6. The smallest absolute Gasteiger partial charge is 0.218 e. The van der Waals surface area contributed by atoms with Gasteiger partial charge in [0.1, 0.15) is 48.8 Å². The molecule has 0 aromatic rings. The van der Waals surface area contributed by atoms with Gasteiger partial charge in [-0.1, -0.05) is 0 Å². The van der Waals surface area contributed by atoms with Crippen molar-refractivity contribution in [3.8, 4) is 0 Å². The van der Waals surface area contributed by atoms with Gasteiger partial charge in [0.05, 0.1) is 24.4 Å². The first-order valence-electron chi connectivity index (χ1n) is 16.1. The average molecular weight is 919 g/mol. The second-order valence-corrected chi connectivity index (χ2v) is 17.0. The van der Waals surface area contributed by atoms with Crippen molar-refractivity contribution in [2.24, 2.45) is 0 Å². The molecule has 57 heavy (non-hydrogen) atoms. The fourth-order valence-electron chi connectivity index (χ4n) is 6.19. The van der Waals surface area contributed by atoms with Crippen LogP contribution in [-0.4, -0.2) is 205 Å². The van der Waals surface area contributed by atoms with Crippen molar-refractivity contribution >= 4 is 41.6 Å². The molecule has 4 saturated heterocycles. The van der Waals surface area contributed by atoms with E-state index in [1.54, 1.807) is 0 Å². The summed E-state index contributed by atoms with van der Waals surface area (Å²) in [7, 11) is -23.4. The molecule has 0 aromatic carbocycles. The van der Waals surface area contributed by atoms with Crippen molar-refractivity contribution in [1.82, 2.24) is 0 Å². The summed E-state index contributed by atoms with van der Waals surface area (Å²) in [6.45, 7) is 4.28. The number of aliphatic hydroxyl groups excluding tert-OH is 6. The van der Waals surface area contributed by atoms with Gasteiger partial charge in [-0.05, 0) is 27.7 Å². The quantitative estimate of drug-likeness (QED) is 0.0696. The summed E-state index contributed by atoms with van der Waals surface area (Å²) in [5, 5.41) is 63.9. The summed E-state index contributed by atoms with van der Waals surface area (Å²) >= 11 is 0. The van der Waals surface area contributed by atoms with Gasteiger partial charge >= 0.3 is 0 Å². The van der Waals surface area contributed by atoms with Gasteiger partial charge in [-0.2, -0.15) is 0 Å². The summed E-state index contributed by atoms with van der Waals surface area (Å²) in [5.41, 5.74) is 0. The zero-order chi connectivity index (χ0) is 43.3. The van der Waals surface area contributed by atoms with E-state index < -0.39 is 164 Å². The van der Waals surface area contributed by atoms with Crippen molar-refractivity contribution in [2.45, 2.75) is 151 Å². The molecular formula is C24H38O29S4-4. The lowest BCUT2D eigenvalue weighted by Gasteiger charge is -2.50. The molecule has 4 rings (SSSR count). The van der Waals surface area contributed by atoms with E-state index in [-0.39, 0.29) is 0 Å². The number of hydrogen-bond acceptors (Lipinski definition) is 29. The second kappa shape index (κ2) is 18.1. The highest BCUT2D eigenvalue weighted by molar-refractivity contribution is 7.81. The van der Waals surface area contributed by atoms with E-state index in [0.29, 0.717) is 0 Å². The Morgan fingerprint density at radius 2 is 0.632 bits per heavy atom. The van der Waals surface area contributed by atoms with Gasteiger partial charge in [-0.25, -0.2) is 33.7 Å². The molecule has 20 atom stereocenters. The Morgan fingerprint density at radius 3 is 0.982 bits per heavy atom. The SMILES string of the molecule is CC1O[C@@H](O[C@@H]2C(OS(=O)(=O)[O-])[C@H](O[C@@H]3C(OS(=O)(=O)[O-])[C@H](O[C@@H]4C(OS(=O)(=O)[O-])[C@H](O)OC(C)[C@H]4O)OC(C)[C@H]3O)OC(C)[C@H]2O)C(OS(=O)(=O)[O-])[C@@H](O)[C@@H]1O. The van der Waals surface area contributed by atoms with Crippen LogP contribution in [0.15, 0.2) is 0 Å². The van der Waals surface area contributed by atoms with Crippen molar-refractivity contribution in [2.75, 3.05) is 0 Å². The van der Waals surface area contributed by atoms with Crippen LogP contribution in [0, 0.1) is 0 Å². The van der Waals surface area contributed by atoms with E-state index >= 15 is 0 Å². The number of rotatable bonds is 14. The highest BCUT2D eigenvalue weighted by Crippen LogP contribution is 2.37. The van der Waals surface area contributed by atoms with Gasteiger partial charge in [-0.3, -0.25) is 16.7 Å². The molecule has 8 unspecified atom stereocenters. The summed E-state index contributed by atoms with van der Waals surface area (Å²) in [6, 6.07) is 0. The fraction of sp³-hybridized carbons (Fsp3) is 1.00. The molecule has 0 spiro atoms. The molecule has 0 aromatic heterocycles. The molecular weight excluding hydrogens is 881 g/mol. The summed E-state index contributed by atoms with van der Waals surface area (Å²) in [5.74, 6) is 0. The van der Waals surface area contributed by atoms with Crippen LogP contribution in [0.25, 0.3) is 0 Å². The highest BCUT2D eigenvalue weighted by atomic mass is 32.3. The lowest BCUT2D eigenvalue weighted by atomic mass is 9.96. The molecule has 0 aliphatic carbocycles. The normalized spacial score (nSPS) is 45.4. The van der Waals surface area contributed by atoms with Crippen LogP contribution < -0.4 is 0 Å². The highest BCUT2D eigenvalue weighted by Gasteiger charge is 2.57. The van der Waals surface area contributed by atoms with Crippen LogP contribution in [0.3, 0.4) is 0 Å². The van der Waals surface area contributed by atoms with Gasteiger partial charge in [-0.15, -0.1) is 0 Å². The third-order valence-corrected chi connectivity index (χ3v) is 10.7. The first-order valence-corrected chi connectivity index (χ1v) is 21.4. The Balaban J connectivity index is 1.76. The number of ether oxygens (including phenoxy) is 7. The van der Waals surface area contributed by atoms with Gasteiger partial charge in [0.2, 0.25) is 41.6 Å². The molecule has 33 heteroatoms. The minimum atomic E-state index is -5.97. The first-order chi connectivity index (χ1) is 25.9. The topological polar surface area (TPSA) is 452 Å². The Bertz CT molecular complexity index is 1810. The zero-order valence-corrected chi connectivity index (χ0v) is 32.5. The van der Waals surface area contributed by atoms with Crippen LogP contribution in [-0.2, 0) is 91.5 Å². The van der Waals surface area contributed by atoms with Crippen LogP contribution in [0.1, 0.15) is 27.7 Å². The lowest BCUT2D eigenvalue weighted by Crippen LogP contribution is -2.67. The van der Waals surface area contributed by atoms with Crippen molar-refractivity contribution < 1.29 is 132 Å². The predicted octanol–water partition coefficient (Wildman–Crippen LogP) is -7.70. The summed E-state index contributed by atoms with van der Waals surface area (Å²) in [6.07, 6.45) is -43.7.